The van der Waals surface area contributed by atoms with Gasteiger partial charge < -0.3 is 10.1 Å². The summed E-state index contributed by atoms with van der Waals surface area (Å²) in [6, 6.07) is 8.48. The third-order valence-corrected chi connectivity index (χ3v) is 5.49. The lowest BCUT2D eigenvalue weighted by molar-refractivity contribution is 0.0342. The van der Waals surface area contributed by atoms with E-state index in [-0.39, 0.29) is 0 Å². The Morgan fingerprint density at radius 3 is 2.85 bits per heavy atom. The first kappa shape index (κ1) is 19.4. The Labute approximate surface area is 164 Å². The zero-order chi connectivity index (χ0) is 18.4. The lowest BCUT2D eigenvalue weighted by atomic mass is 10.2. The summed E-state index contributed by atoms with van der Waals surface area (Å²) in [4.78, 5) is 12.2. The second-order valence-electron chi connectivity index (χ2n) is 5.93. The molecule has 5 nitrogen and oxygen atoms in total. The number of anilines is 2. The molecule has 0 amide bonds. The molecule has 26 heavy (non-hydrogen) atoms. The molecule has 1 N–H and O–H groups in total. The quantitative estimate of drug-likeness (QED) is 0.779. The number of halogens is 1. The van der Waals surface area contributed by atoms with Crippen LogP contribution in [0.2, 0.25) is 5.28 Å². The van der Waals surface area contributed by atoms with Crippen molar-refractivity contribution in [3.8, 4) is 0 Å². The molecule has 0 bridgehead atoms. The number of morpholine rings is 1. The van der Waals surface area contributed by atoms with Gasteiger partial charge in [0.25, 0.3) is 0 Å². The molecule has 7 heteroatoms. The normalized spacial score (nSPS) is 16.6. The monoisotopic (exact) mass is 392 g/mol. The Morgan fingerprint density at radius 2 is 2.04 bits per heavy atom. The summed E-state index contributed by atoms with van der Waals surface area (Å²) in [5.41, 5.74) is 3.36. The van der Waals surface area contributed by atoms with E-state index in [1.54, 1.807) is 11.8 Å². The Hall–Kier alpha value is -1.34. The molecule has 0 unspecified atom stereocenters. The molecule has 0 radical (unpaired) electrons. The maximum absolute atomic E-state index is 6.06. The zero-order valence-corrected chi connectivity index (χ0v) is 16.9. The molecule has 1 aromatic carbocycles. The van der Waals surface area contributed by atoms with Crippen molar-refractivity contribution in [1.29, 1.82) is 0 Å². The summed E-state index contributed by atoms with van der Waals surface area (Å²) in [7, 11) is 0. The standard InChI is InChI=1S/C17H19ClN4OS.C2H6/c18-17-20-14-4-9-24-15(14)16(21-17)19-13-3-1-2-12(10-13)11-22-5-7-23-8-6-22;1-2/h1-3,10H,4-9,11H2,(H,19,20,21);1-2H3. The summed E-state index contributed by atoms with van der Waals surface area (Å²) in [6.07, 6.45) is 0.952. The fourth-order valence-corrected chi connectivity index (χ4v) is 4.26. The van der Waals surface area contributed by atoms with E-state index in [0.717, 1.165) is 67.1 Å². The van der Waals surface area contributed by atoms with Crippen LogP contribution in [0.25, 0.3) is 0 Å². The predicted octanol–water partition coefficient (Wildman–Crippen LogP) is 4.38. The first-order valence-corrected chi connectivity index (χ1v) is 10.5. The van der Waals surface area contributed by atoms with Crippen molar-refractivity contribution in [3.63, 3.8) is 0 Å². The van der Waals surface area contributed by atoms with Crippen LogP contribution >= 0.6 is 23.4 Å². The molecule has 2 aliphatic heterocycles. The molecule has 1 fully saturated rings. The molecule has 0 saturated carbocycles. The van der Waals surface area contributed by atoms with Gasteiger partial charge >= 0.3 is 0 Å². The Kier molecular flexibility index (Phi) is 7.14. The fraction of sp³-hybridized carbons (Fsp3) is 0.474. The lowest BCUT2D eigenvalue weighted by Gasteiger charge is -2.26. The number of nitrogens with zero attached hydrogens (tertiary/aromatic N) is 3. The van der Waals surface area contributed by atoms with Gasteiger partial charge in [-0.2, -0.15) is 4.98 Å². The maximum atomic E-state index is 6.06. The predicted molar refractivity (Wildman–Crippen MR) is 109 cm³/mol. The molecule has 2 aliphatic rings. The van der Waals surface area contributed by atoms with Crippen molar-refractivity contribution >= 4 is 34.9 Å². The Balaban J connectivity index is 0.000000948. The van der Waals surface area contributed by atoms with Crippen LogP contribution in [0.5, 0.6) is 0 Å². The van der Waals surface area contributed by atoms with E-state index < -0.39 is 0 Å². The number of aryl methyl sites for hydroxylation is 1. The van der Waals surface area contributed by atoms with Gasteiger partial charge in [0.15, 0.2) is 0 Å². The van der Waals surface area contributed by atoms with Gasteiger partial charge in [-0.1, -0.05) is 26.0 Å². The summed E-state index contributed by atoms with van der Waals surface area (Å²) in [5, 5.41) is 3.73. The second kappa shape index (κ2) is 9.55. The summed E-state index contributed by atoms with van der Waals surface area (Å²) in [5.74, 6) is 1.85. The van der Waals surface area contributed by atoms with Gasteiger partial charge in [0.2, 0.25) is 5.28 Å². The van der Waals surface area contributed by atoms with Crippen LogP contribution in [0.3, 0.4) is 0 Å². The number of thioether (sulfide) groups is 1. The third-order valence-electron chi connectivity index (χ3n) is 4.19. The summed E-state index contributed by atoms with van der Waals surface area (Å²) < 4.78 is 5.41. The smallest absolute Gasteiger partial charge is 0.224 e. The Morgan fingerprint density at radius 1 is 1.23 bits per heavy atom. The topological polar surface area (TPSA) is 50.3 Å². The third kappa shape index (κ3) is 4.88. The molecule has 140 valence electrons. The summed E-state index contributed by atoms with van der Waals surface area (Å²) >= 11 is 7.85. The van der Waals surface area contributed by atoms with Gasteiger partial charge in [0.1, 0.15) is 5.82 Å². The van der Waals surface area contributed by atoms with Crippen LogP contribution in [0, 0.1) is 0 Å². The van der Waals surface area contributed by atoms with Crippen molar-refractivity contribution < 1.29 is 4.74 Å². The molecule has 0 atom stereocenters. The number of fused-ring (bicyclic) bond motifs is 1. The summed E-state index contributed by atoms with van der Waals surface area (Å²) in [6.45, 7) is 8.56. The highest BCUT2D eigenvalue weighted by atomic mass is 35.5. The molecule has 4 rings (SSSR count). The number of benzene rings is 1. The van der Waals surface area contributed by atoms with Crippen LogP contribution in [-0.2, 0) is 17.7 Å². The van der Waals surface area contributed by atoms with Gasteiger partial charge in [-0.25, -0.2) is 4.98 Å². The van der Waals surface area contributed by atoms with E-state index in [2.05, 4.69) is 44.5 Å². The number of hydrogen-bond acceptors (Lipinski definition) is 6. The van der Waals surface area contributed by atoms with Crippen molar-refractivity contribution in [3.05, 3.63) is 40.8 Å². The lowest BCUT2D eigenvalue weighted by Crippen LogP contribution is -2.35. The van der Waals surface area contributed by atoms with Crippen molar-refractivity contribution in [2.45, 2.75) is 31.7 Å². The van der Waals surface area contributed by atoms with Gasteiger partial charge in [-0.3, -0.25) is 4.90 Å². The molecule has 3 heterocycles. The maximum Gasteiger partial charge on any atom is 0.224 e. The molecule has 2 aromatic rings. The van der Waals surface area contributed by atoms with Crippen molar-refractivity contribution in [1.82, 2.24) is 14.9 Å². The number of hydrogen-bond donors (Lipinski definition) is 1. The zero-order valence-electron chi connectivity index (χ0n) is 15.3. The van der Waals surface area contributed by atoms with Crippen LogP contribution in [-0.4, -0.2) is 46.9 Å². The first-order chi connectivity index (χ1) is 12.8. The van der Waals surface area contributed by atoms with E-state index in [9.17, 15) is 0 Å². The highest BCUT2D eigenvalue weighted by molar-refractivity contribution is 7.99. The number of ether oxygens (including phenoxy) is 1. The van der Waals surface area contributed by atoms with Crippen LogP contribution in [0.15, 0.2) is 29.2 Å². The van der Waals surface area contributed by atoms with Gasteiger partial charge in [-0.05, 0) is 29.3 Å². The SMILES string of the molecule is CC.Clc1nc2c(c(Nc3cccc(CN4CCOCC4)c3)n1)SCC2. The molecular formula is C19H25ClN4OS. The minimum atomic E-state index is 0.309. The average molecular weight is 393 g/mol. The van der Waals surface area contributed by atoms with Gasteiger partial charge in [0.05, 0.1) is 23.8 Å². The second-order valence-corrected chi connectivity index (χ2v) is 7.37. The number of rotatable bonds is 4. The Bertz CT molecular complexity index is 737. The molecule has 0 aliphatic carbocycles. The molecule has 1 aromatic heterocycles. The van der Waals surface area contributed by atoms with E-state index >= 15 is 0 Å². The van der Waals surface area contributed by atoms with Crippen molar-refractivity contribution in [2.75, 3.05) is 37.4 Å². The van der Waals surface area contributed by atoms with Gasteiger partial charge in [-0.15, -0.1) is 11.8 Å². The average Bonchev–Trinajstić information content (AvgIpc) is 3.13. The highest BCUT2D eigenvalue weighted by Crippen LogP contribution is 2.37. The molecule has 1 saturated heterocycles. The minimum absolute atomic E-state index is 0.309. The largest absolute Gasteiger partial charge is 0.379 e. The van der Waals surface area contributed by atoms with Gasteiger partial charge in [0, 0.05) is 37.5 Å². The first-order valence-electron chi connectivity index (χ1n) is 9.13. The van der Waals surface area contributed by atoms with E-state index in [1.807, 2.05) is 13.8 Å². The van der Waals surface area contributed by atoms with Crippen LogP contribution in [0.4, 0.5) is 11.5 Å². The minimum Gasteiger partial charge on any atom is -0.379 e. The molecular weight excluding hydrogens is 368 g/mol. The van der Waals surface area contributed by atoms with E-state index in [0.29, 0.717) is 5.28 Å². The fourth-order valence-electron chi connectivity index (χ4n) is 3.02. The van der Waals surface area contributed by atoms with Crippen LogP contribution in [0.1, 0.15) is 25.1 Å². The number of aromatic nitrogens is 2. The van der Waals surface area contributed by atoms with E-state index in [1.165, 1.54) is 5.56 Å². The van der Waals surface area contributed by atoms with E-state index in [4.69, 9.17) is 16.3 Å². The highest BCUT2D eigenvalue weighted by Gasteiger charge is 2.20. The molecule has 0 spiro atoms. The van der Waals surface area contributed by atoms with Crippen molar-refractivity contribution in [2.24, 2.45) is 0 Å². The van der Waals surface area contributed by atoms with Crippen LogP contribution < -0.4 is 5.32 Å². The number of nitrogens with one attached hydrogen (secondary N) is 1.